The molecule has 1 saturated heterocycles. The first-order valence-electron chi connectivity index (χ1n) is 10.3. The molecule has 2 N–H and O–H groups in total. The number of hydrogen-bond acceptors (Lipinski definition) is 4. The van der Waals surface area contributed by atoms with Crippen LogP contribution in [0.25, 0.3) is 16.5 Å². The highest BCUT2D eigenvalue weighted by molar-refractivity contribution is 6.51. The first-order chi connectivity index (χ1) is 16.0. The predicted octanol–water partition coefficient (Wildman–Crippen LogP) is 5.83. The molecular weight excluding hydrogens is 438 g/mol. The van der Waals surface area contributed by atoms with E-state index in [0.717, 1.165) is 10.8 Å². The van der Waals surface area contributed by atoms with Gasteiger partial charge in [0.1, 0.15) is 11.5 Å². The SMILES string of the molecule is O=C1C(=O)N(c2ccc(Cl)cc2)C(c2ccc(O)cc2)/C1=C(/O)c1cccc2ccccc12. The second-order valence-corrected chi connectivity index (χ2v) is 8.20. The molecule has 0 spiro atoms. The van der Waals surface area contributed by atoms with Gasteiger partial charge < -0.3 is 10.2 Å². The van der Waals surface area contributed by atoms with Gasteiger partial charge in [-0.25, -0.2) is 0 Å². The van der Waals surface area contributed by atoms with Gasteiger partial charge in [-0.2, -0.15) is 0 Å². The molecule has 1 aliphatic rings. The van der Waals surface area contributed by atoms with Gasteiger partial charge in [-0.05, 0) is 52.7 Å². The Morgan fingerprint density at radius 3 is 2.21 bits per heavy atom. The Balaban J connectivity index is 1.77. The van der Waals surface area contributed by atoms with Gasteiger partial charge >= 0.3 is 0 Å². The summed E-state index contributed by atoms with van der Waals surface area (Å²) in [5, 5.41) is 23.3. The van der Waals surface area contributed by atoms with E-state index in [1.807, 2.05) is 30.3 Å². The van der Waals surface area contributed by atoms with E-state index in [1.54, 1.807) is 48.5 Å². The number of aliphatic hydroxyl groups excluding tert-OH is 1. The number of anilines is 1. The van der Waals surface area contributed by atoms with Gasteiger partial charge in [-0.3, -0.25) is 14.5 Å². The van der Waals surface area contributed by atoms with Crippen molar-refractivity contribution < 1.29 is 19.8 Å². The van der Waals surface area contributed by atoms with Crippen molar-refractivity contribution >= 4 is 45.5 Å². The number of fused-ring (bicyclic) bond motifs is 1. The number of ketones is 1. The molecule has 4 aromatic rings. The van der Waals surface area contributed by atoms with Crippen molar-refractivity contribution in [2.75, 3.05) is 4.90 Å². The number of aliphatic hydroxyl groups is 1. The molecule has 6 heteroatoms. The van der Waals surface area contributed by atoms with Gasteiger partial charge in [0, 0.05) is 16.3 Å². The summed E-state index contributed by atoms with van der Waals surface area (Å²) in [7, 11) is 0. The van der Waals surface area contributed by atoms with E-state index < -0.39 is 17.7 Å². The van der Waals surface area contributed by atoms with Crippen LogP contribution in [0.1, 0.15) is 17.2 Å². The Morgan fingerprint density at radius 2 is 1.48 bits per heavy atom. The number of aromatic hydroxyl groups is 1. The molecule has 0 aliphatic carbocycles. The lowest BCUT2D eigenvalue weighted by molar-refractivity contribution is -0.132. The summed E-state index contributed by atoms with van der Waals surface area (Å²) in [6.45, 7) is 0. The van der Waals surface area contributed by atoms with Crippen LogP contribution in [0.15, 0.2) is 96.6 Å². The number of hydrogen-bond donors (Lipinski definition) is 2. The van der Waals surface area contributed by atoms with Crippen LogP contribution in [-0.4, -0.2) is 21.9 Å². The van der Waals surface area contributed by atoms with E-state index in [-0.39, 0.29) is 17.1 Å². The first-order valence-corrected chi connectivity index (χ1v) is 10.7. The smallest absolute Gasteiger partial charge is 0.300 e. The lowest BCUT2D eigenvalue weighted by Crippen LogP contribution is -2.29. The van der Waals surface area contributed by atoms with Crippen LogP contribution in [0.3, 0.4) is 0 Å². The number of phenolic OH excluding ortho intramolecular Hbond substituents is 1. The number of carbonyl (C=O) groups is 2. The minimum Gasteiger partial charge on any atom is -0.508 e. The van der Waals surface area contributed by atoms with Crippen molar-refractivity contribution in [2.24, 2.45) is 0 Å². The summed E-state index contributed by atoms with van der Waals surface area (Å²) in [4.78, 5) is 27.8. The molecule has 0 saturated carbocycles. The molecule has 0 bridgehead atoms. The molecular formula is C27H18ClNO4. The van der Waals surface area contributed by atoms with Gasteiger partial charge in [0.25, 0.3) is 11.7 Å². The molecule has 1 amide bonds. The van der Waals surface area contributed by atoms with Crippen molar-refractivity contribution in [2.45, 2.75) is 6.04 Å². The Bertz CT molecular complexity index is 1420. The van der Waals surface area contributed by atoms with E-state index in [9.17, 15) is 19.8 Å². The Kier molecular flexibility index (Phi) is 5.11. The quantitative estimate of drug-likeness (QED) is 0.231. The second-order valence-electron chi connectivity index (χ2n) is 7.76. The largest absolute Gasteiger partial charge is 0.508 e. The summed E-state index contributed by atoms with van der Waals surface area (Å²) in [6, 6.07) is 24.9. The number of benzene rings is 4. The zero-order chi connectivity index (χ0) is 23.1. The normalized spacial score (nSPS) is 17.6. The van der Waals surface area contributed by atoms with Gasteiger partial charge in [0.15, 0.2) is 0 Å². The Hall–Kier alpha value is -4.09. The van der Waals surface area contributed by atoms with Crippen LogP contribution in [0.2, 0.25) is 5.02 Å². The fraction of sp³-hybridized carbons (Fsp3) is 0.0370. The summed E-state index contributed by atoms with van der Waals surface area (Å²) in [6.07, 6.45) is 0. The van der Waals surface area contributed by atoms with Crippen molar-refractivity contribution in [3.05, 3.63) is 113 Å². The van der Waals surface area contributed by atoms with E-state index in [2.05, 4.69) is 0 Å². The van der Waals surface area contributed by atoms with Gasteiger partial charge in [-0.1, -0.05) is 66.2 Å². The zero-order valence-corrected chi connectivity index (χ0v) is 18.0. The number of Topliss-reactive ketones (excluding diaryl/α,β-unsaturated/α-hetero) is 1. The molecule has 1 aliphatic heterocycles. The van der Waals surface area contributed by atoms with E-state index in [1.165, 1.54) is 17.0 Å². The van der Waals surface area contributed by atoms with Gasteiger partial charge in [0.2, 0.25) is 0 Å². The summed E-state index contributed by atoms with van der Waals surface area (Å²) in [5.41, 5.74) is 1.49. The standard InChI is InChI=1S/C27H18ClNO4/c28-18-10-12-19(13-11-18)29-24(17-8-14-20(30)15-9-17)23(26(32)27(29)33)25(31)22-7-3-5-16-4-1-2-6-21(16)22/h1-15,24,30-31H/b25-23-. The molecule has 0 radical (unpaired) electrons. The van der Waals surface area contributed by atoms with Crippen LogP contribution in [0.4, 0.5) is 5.69 Å². The molecule has 5 rings (SSSR count). The van der Waals surface area contributed by atoms with Crippen LogP contribution < -0.4 is 4.90 Å². The van der Waals surface area contributed by atoms with Crippen molar-refractivity contribution in [3.63, 3.8) is 0 Å². The summed E-state index contributed by atoms with van der Waals surface area (Å²) < 4.78 is 0. The first kappa shape index (κ1) is 20.8. The van der Waals surface area contributed by atoms with E-state index >= 15 is 0 Å². The Labute approximate surface area is 194 Å². The average molecular weight is 456 g/mol. The van der Waals surface area contributed by atoms with Crippen LogP contribution in [0, 0.1) is 0 Å². The second kappa shape index (κ2) is 8.11. The highest BCUT2D eigenvalue weighted by atomic mass is 35.5. The highest BCUT2D eigenvalue weighted by Crippen LogP contribution is 2.43. The third kappa shape index (κ3) is 3.52. The number of phenols is 1. The molecule has 33 heavy (non-hydrogen) atoms. The lowest BCUT2D eigenvalue weighted by Gasteiger charge is -2.25. The fourth-order valence-corrected chi connectivity index (χ4v) is 4.38. The number of nitrogens with zero attached hydrogens (tertiary/aromatic N) is 1. The summed E-state index contributed by atoms with van der Waals surface area (Å²) in [5.74, 6) is -1.73. The minimum absolute atomic E-state index is 0.0167. The molecule has 1 fully saturated rings. The van der Waals surface area contributed by atoms with Crippen molar-refractivity contribution in [3.8, 4) is 5.75 Å². The molecule has 1 atom stereocenters. The third-order valence-corrected chi connectivity index (χ3v) is 6.05. The predicted molar refractivity (Wildman–Crippen MR) is 128 cm³/mol. The molecule has 5 nitrogen and oxygen atoms in total. The molecule has 1 unspecified atom stereocenters. The van der Waals surface area contributed by atoms with Crippen molar-refractivity contribution in [1.82, 2.24) is 0 Å². The number of carbonyl (C=O) groups excluding carboxylic acids is 2. The Morgan fingerprint density at radius 1 is 0.818 bits per heavy atom. The maximum atomic E-state index is 13.3. The third-order valence-electron chi connectivity index (χ3n) is 5.80. The molecule has 0 aromatic heterocycles. The summed E-state index contributed by atoms with van der Waals surface area (Å²) >= 11 is 6.02. The monoisotopic (exact) mass is 455 g/mol. The van der Waals surface area contributed by atoms with Crippen molar-refractivity contribution in [1.29, 1.82) is 0 Å². The minimum atomic E-state index is -0.884. The maximum Gasteiger partial charge on any atom is 0.300 e. The number of amides is 1. The van der Waals surface area contributed by atoms with E-state index in [4.69, 9.17) is 11.6 Å². The lowest BCUT2D eigenvalue weighted by atomic mass is 9.93. The van der Waals surface area contributed by atoms with Gasteiger partial charge in [0.05, 0.1) is 11.6 Å². The topological polar surface area (TPSA) is 77.8 Å². The molecule has 1 heterocycles. The zero-order valence-electron chi connectivity index (χ0n) is 17.3. The van der Waals surface area contributed by atoms with Gasteiger partial charge in [-0.15, -0.1) is 0 Å². The van der Waals surface area contributed by atoms with Crippen LogP contribution in [-0.2, 0) is 9.59 Å². The fourth-order valence-electron chi connectivity index (χ4n) is 4.25. The average Bonchev–Trinajstić information content (AvgIpc) is 3.10. The highest BCUT2D eigenvalue weighted by Gasteiger charge is 2.47. The molecule has 4 aromatic carbocycles. The number of halogens is 1. The van der Waals surface area contributed by atoms with Crippen LogP contribution >= 0.6 is 11.6 Å². The van der Waals surface area contributed by atoms with E-state index in [0.29, 0.717) is 21.8 Å². The van der Waals surface area contributed by atoms with Crippen LogP contribution in [0.5, 0.6) is 5.75 Å². The number of rotatable bonds is 3. The maximum absolute atomic E-state index is 13.3. The molecule has 162 valence electrons.